The highest BCUT2D eigenvalue weighted by atomic mass is 35.5. The van der Waals surface area contributed by atoms with Gasteiger partial charge in [-0.3, -0.25) is 4.90 Å². The summed E-state index contributed by atoms with van der Waals surface area (Å²) in [6, 6.07) is 11.5. The molecule has 0 unspecified atom stereocenters. The van der Waals surface area contributed by atoms with Gasteiger partial charge in [-0.05, 0) is 49.3 Å². The molecule has 0 saturated heterocycles. The summed E-state index contributed by atoms with van der Waals surface area (Å²) in [4.78, 5) is 18.6. The molecule has 0 aliphatic heterocycles. The normalized spacial score (nSPS) is 11.4. The Bertz CT molecular complexity index is 961. The van der Waals surface area contributed by atoms with E-state index in [2.05, 4.69) is 23.7 Å². The molecule has 1 heterocycles. The van der Waals surface area contributed by atoms with Crippen LogP contribution >= 0.6 is 11.6 Å². The van der Waals surface area contributed by atoms with Crippen LogP contribution in [0.5, 0.6) is 0 Å². The van der Waals surface area contributed by atoms with E-state index in [1.165, 1.54) is 4.57 Å². The third kappa shape index (κ3) is 3.45. The minimum atomic E-state index is -1.03. The molecule has 3 rings (SSSR count). The Morgan fingerprint density at radius 2 is 1.92 bits per heavy atom. The van der Waals surface area contributed by atoms with Crippen LogP contribution in [0.2, 0.25) is 5.02 Å². The molecule has 5 nitrogen and oxygen atoms in total. The number of aromatic nitrogens is 2. The molecule has 26 heavy (non-hydrogen) atoms. The Labute approximate surface area is 157 Å². The molecule has 136 valence electrons. The van der Waals surface area contributed by atoms with Gasteiger partial charge in [0.2, 0.25) is 0 Å². The summed E-state index contributed by atoms with van der Waals surface area (Å²) in [5.41, 5.74) is 4.08. The van der Waals surface area contributed by atoms with Crippen LogP contribution in [0, 0.1) is 6.92 Å². The van der Waals surface area contributed by atoms with Gasteiger partial charge in [-0.15, -0.1) is 0 Å². The molecule has 2 aromatic carbocycles. The van der Waals surface area contributed by atoms with Gasteiger partial charge in [0.05, 0.1) is 17.6 Å². The first-order chi connectivity index (χ1) is 12.4. The van der Waals surface area contributed by atoms with E-state index in [1.54, 1.807) is 0 Å². The van der Waals surface area contributed by atoms with Gasteiger partial charge in [-0.25, -0.2) is 14.3 Å². The lowest BCUT2D eigenvalue weighted by molar-refractivity contribution is 0.194. The number of hydrogen-bond acceptors (Lipinski definition) is 3. The van der Waals surface area contributed by atoms with Crippen molar-refractivity contribution in [3.05, 3.63) is 52.8 Å². The quantitative estimate of drug-likeness (QED) is 0.683. The van der Waals surface area contributed by atoms with Crippen molar-refractivity contribution < 1.29 is 9.90 Å². The second kappa shape index (κ2) is 7.48. The van der Waals surface area contributed by atoms with Crippen molar-refractivity contribution in [3.63, 3.8) is 0 Å². The topological polar surface area (TPSA) is 58.4 Å². The summed E-state index contributed by atoms with van der Waals surface area (Å²) in [6.45, 7) is 8.25. The number of carboxylic acid groups (broad SMARTS) is 1. The second-order valence-electron chi connectivity index (χ2n) is 6.29. The molecule has 3 aromatic rings. The van der Waals surface area contributed by atoms with Gasteiger partial charge < -0.3 is 5.11 Å². The van der Waals surface area contributed by atoms with Gasteiger partial charge in [0.1, 0.15) is 5.82 Å². The van der Waals surface area contributed by atoms with Gasteiger partial charge in [0, 0.05) is 10.6 Å². The molecule has 0 bridgehead atoms. The summed E-state index contributed by atoms with van der Waals surface area (Å²) in [5, 5.41) is 10.4. The van der Waals surface area contributed by atoms with Crippen LogP contribution in [0.4, 0.5) is 4.79 Å². The van der Waals surface area contributed by atoms with Crippen molar-refractivity contribution >= 4 is 28.7 Å². The average molecular weight is 372 g/mol. The van der Waals surface area contributed by atoms with E-state index >= 15 is 0 Å². The Morgan fingerprint density at radius 1 is 1.19 bits per heavy atom. The van der Waals surface area contributed by atoms with E-state index in [-0.39, 0.29) is 0 Å². The van der Waals surface area contributed by atoms with Crippen LogP contribution in [0.25, 0.3) is 22.2 Å². The summed E-state index contributed by atoms with van der Waals surface area (Å²) in [6.07, 6.45) is -1.03. The number of benzene rings is 2. The number of nitrogens with zero attached hydrogens (tertiary/aromatic N) is 3. The average Bonchev–Trinajstić information content (AvgIpc) is 2.96. The molecule has 0 saturated carbocycles. The molecule has 0 fully saturated rings. The van der Waals surface area contributed by atoms with Gasteiger partial charge >= 0.3 is 6.09 Å². The fourth-order valence-corrected chi connectivity index (χ4v) is 3.46. The smallest absolute Gasteiger partial charge is 0.417 e. The standard InChI is InChI=1S/C20H22ClN3O2/c1-4-23(5-2)12-19-22-17-9-7-14(11-18(17)24(19)20(25)26)15-8-6-13(3)10-16(15)21/h6-11H,4-5,12H2,1-3H3,(H,25,26). The zero-order valence-electron chi connectivity index (χ0n) is 15.2. The minimum Gasteiger partial charge on any atom is -0.464 e. The van der Waals surface area contributed by atoms with Crippen molar-refractivity contribution in [2.24, 2.45) is 0 Å². The molecular formula is C20H22ClN3O2. The predicted octanol–water partition coefficient (Wildman–Crippen LogP) is 5.03. The zero-order chi connectivity index (χ0) is 18.8. The SMILES string of the molecule is CCN(CC)Cc1nc2ccc(-c3ccc(C)cc3Cl)cc2n1C(=O)O. The number of aryl methyl sites for hydroxylation is 1. The maximum absolute atomic E-state index is 11.9. The lowest BCUT2D eigenvalue weighted by Gasteiger charge is -2.17. The van der Waals surface area contributed by atoms with E-state index in [0.717, 1.165) is 29.8 Å². The second-order valence-corrected chi connectivity index (χ2v) is 6.70. The van der Waals surface area contributed by atoms with Crippen LogP contribution in [0.3, 0.4) is 0 Å². The maximum Gasteiger partial charge on any atom is 0.417 e. The molecule has 6 heteroatoms. The summed E-state index contributed by atoms with van der Waals surface area (Å²) in [5.74, 6) is 0.531. The van der Waals surface area contributed by atoms with Crippen LogP contribution in [-0.2, 0) is 6.54 Å². The van der Waals surface area contributed by atoms with Crippen LogP contribution < -0.4 is 0 Å². The molecular weight excluding hydrogens is 350 g/mol. The van der Waals surface area contributed by atoms with E-state index < -0.39 is 6.09 Å². The number of imidazole rings is 1. The van der Waals surface area contributed by atoms with Crippen molar-refractivity contribution in [1.82, 2.24) is 14.5 Å². The van der Waals surface area contributed by atoms with Crippen molar-refractivity contribution in [1.29, 1.82) is 0 Å². The van der Waals surface area contributed by atoms with E-state index in [1.807, 2.05) is 43.3 Å². The van der Waals surface area contributed by atoms with Crippen LogP contribution in [0.15, 0.2) is 36.4 Å². The maximum atomic E-state index is 11.9. The molecule has 0 atom stereocenters. The molecule has 0 radical (unpaired) electrons. The van der Waals surface area contributed by atoms with Crippen LogP contribution in [-0.4, -0.2) is 38.7 Å². The Morgan fingerprint density at radius 3 is 2.54 bits per heavy atom. The molecule has 0 amide bonds. The fourth-order valence-electron chi connectivity index (χ4n) is 3.11. The molecule has 0 spiro atoms. The minimum absolute atomic E-state index is 0.495. The highest BCUT2D eigenvalue weighted by molar-refractivity contribution is 6.33. The number of rotatable bonds is 5. The molecule has 0 aliphatic carbocycles. The highest BCUT2D eigenvalue weighted by Crippen LogP contribution is 2.31. The van der Waals surface area contributed by atoms with E-state index in [9.17, 15) is 9.90 Å². The van der Waals surface area contributed by atoms with Crippen molar-refractivity contribution in [2.45, 2.75) is 27.3 Å². The van der Waals surface area contributed by atoms with E-state index in [0.29, 0.717) is 28.4 Å². The van der Waals surface area contributed by atoms with E-state index in [4.69, 9.17) is 11.6 Å². The van der Waals surface area contributed by atoms with Crippen LogP contribution in [0.1, 0.15) is 25.2 Å². The zero-order valence-corrected chi connectivity index (χ0v) is 15.9. The largest absolute Gasteiger partial charge is 0.464 e. The lowest BCUT2D eigenvalue weighted by Crippen LogP contribution is -2.25. The Hall–Kier alpha value is -2.37. The summed E-state index contributed by atoms with van der Waals surface area (Å²) >= 11 is 6.38. The molecule has 1 aromatic heterocycles. The van der Waals surface area contributed by atoms with Gasteiger partial charge in [0.15, 0.2) is 0 Å². The Balaban J connectivity index is 2.14. The third-order valence-electron chi connectivity index (χ3n) is 4.61. The lowest BCUT2D eigenvalue weighted by atomic mass is 10.0. The van der Waals surface area contributed by atoms with Gasteiger partial charge in [-0.2, -0.15) is 0 Å². The highest BCUT2D eigenvalue weighted by Gasteiger charge is 2.18. The Kier molecular flexibility index (Phi) is 5.30. The fraction of sp³-hybridized carbons (Fsp3) is 0.300. The number of hydrogen-bond donors (Lipinski definition) is 1. The molecule has 0 aliphatic rings. The number of fused-ring (bicyclic) bond motifs is 1. The summed E-state index contributed by atoms with van der Waals surface area (Å²) < 4.78 is 1.28. The summed E-state index contributed by atoms with van der Waals surface area (Å²) in [7, 11) is 0. The van der Waals surface area contributed by atoms with Crippen molar-refractivity contribution in [3.8, 4) is 11.1 Å². The first kappa shape index (κ1) is 18.4. The van der Waals surface area contributed by atoms with Gasteiger partial charge in [-0.1, -0.05) is 43.6 Å². The first-order valence-electron chi connectivity index (χ1n) is 8.68. The number of halogens is 1. The predicted molar refractivity (Wildman–Crippen MR) is 105 cm³/mol. The first-order valence-corrected chi connectivity index (χ1v) is 9.06. The van der Waals surface area contributed by atoms with Crippen molar-refractivity contribution in [2.75, 3.05) is 13.1 Å². The number of carbonyl (C=O) groups is 1. The van der Waals surface area contributed by atoms with Gasteiger partial charge in [0.25, 0.3) is 0 Å². The third-order valence-corrected chi connectivity index (χ3v) is 4.92. The monoisotopic (exact) mass is 371 g/mol. The molecule has 1 N–H and O–H groups in total.